The number of carbonyl (C=O) groups is 2. The van der Waals surface area contributed by atoms with Crippen LogP contribution < -0.4 is 0 Å². The predicted molar refractivity (Wildman–Crippen MR) is 84.0 cm³/mol. The smallest absolute Gasteiger partial charge is 0.226 e. The van der Waals surface area contributed by atoms with Crippen molar-refractivity contribution in [2.24, 2.45) is 11.8 Å². The first-order valence-electron chi connectivity index (χ1n) is 7.99. The summed E-state index contributed by atoms with van der Waals surface area (Å²) >= 11 is 0. The predicted octanol–water partition coefficient (Wildman–Crippen LogP) is 0.527. The van der Waals surface area contributed by atoms with Crippen LogP contribution >= 0.6 is 0 Å². The van der Waals surface area contributed by atoms with Gasteiger partial charge in [-0.05, 0) is 19.3 Å². The molecule has 1 saturated carbocycles. The average molecular weight is 330 g/mol. The van der Waals surface area contributed by atoms with Gasteiger partial charge < -0.3 is 9.80 Å². The van der Waals surface area contributed by atoms with E-state index in [4.69, 9.17) is 0 Å². The number of unbranched alkanes of at least 4 members (excludes halogenated alkanes) is 1. The summed E-state index contributed by atoms with van der Waals surface area (Å²) in [5, 5.41) is 0. The molecule has 2 amide bonds. The zero-order chi connectivity index (χ0) is 16.5. The highest BCUT2D eigenvalue weighted by Gasteiger charge is 2.51. The lowest BCUT2D eigenvalue weighted by Crippen LogP contribution is -2.40. The van der Waals surface area contributed by atoms with Crippen LogP contribution in [0.5, 0.6) is 0 Å². The summed E-state index contributed by atoms with van der Waals surface area (Å²) in [6.07, 6.45) is 3.10. The largest absolute Gasteiger partial charge is 0.346 e. The van der Waals surface area contributed by atoms with Crippen LogP contribution in [0, 0.1) is 11.8 Å². The Morgan fingerprint density at radius 2 is 1.77 bits per heavy atom. The van der Waals surface area contributed by atoms with Crippen LogP contribution in [0.15, 0.2) is 0 Å². The molecule has 2 rings (SSSR count). The second-order valence-corrected chi connectivity index (χ2v) is 8.80. The molecule has 0 radical (unpaired) electrons. The van der Waals surface area contributed by atoms with Crippen molar-refractivity contribution >= 4 is 21.7 Å². The number of amides is 2. The number of nitrogens with zero attached hydrogens (tertiary/aromatic N) is 2. The molecule has 0 spiro atoms. The number of hydrogen-bond acceptors (Lipinski definition) is 4. The Bertz CT molecular complexity index is 546. The monoisotopic (exact) mass is 330 g/mol. The Kier molecular flexibility index (Phi) is 5.14. The van der Waals surface area contributed by atoms with Gasteiger partial charge in [-0.3, -0.25) is 9.59 Å². The van der Waals surface area contributed by atoms with Crippen molar-refractivity contribution in [1.29, 1.82) is 0 Å². The van der Waals surface area contributed by atoms with Crippen LogP contribution in [-0.2, 0) is 19.4 Å². The highest BCUT2D eigenvalue weighted by atomic mass is 32.2. The molecule has 22 heavy (non-hydrogen) atoms. The van der Waals surface area contributed by atoms with Gasteiger partial charge in [-0.1, -0.05) is 13.3 Å². The Labute approximate surface area is 132 Å². The number of rotatable bonds is 6. The molecule has 2 fully saturated rings. The van der Waals surface area contributed by atoms with Gasteiger partial charge in [-0.2, -0.15) is 0 Å². The lowest BCUT2D eigenvalue weighted by atomic mass is 10.2. The Morgan fingerprint density at radius 1 is 1.14 bits per heavy atom. The maximum atomic E-state index is 12.4. The second-order valence-electron chi connectivity index (χ2n) is 6.57. The summed E-state index contributed by atoms with van der Waals surface area (Å²) in [5.41, 5.74) is 0. The summed E-state index contributed by atoms with van der Waals surface area (Å²) in [5.74, 6) is -0.303. The minimum absolute atomic E-state index is 0.0410. The van der Waals surface area contributed by atoms with Crippen molar-refractivity contribution in [3.8, 4) is 0 Å². The fraction of sp³-hybridized carbons (Fsp3) is 0.867. The molecule has 7 heteroatoms. The highest BCUT2D eigenvalue weighted by Crippen LogP contribution is 2.41. The van der Waals surface area contributed by atoms with Crippen LogP contribution in [0.25, 0.3) is 0 Å². The minimum Gasteiger partial charge on any atom is -0.346 e. The fourth-order valence-electron chi connectivity index (χ4n) is 3.05. The van der Waals surface area contributed by atoms with Crippen LogP contribution in [-0.4, -0.2) is 68.2 Å². The second kappa shape index (κ2) is 6.56. The van der Waals surface area contributed by atoms with Gasteiger partial charge >= 0.3 is 0 Å². The van der Waals surface area contributed by atoms with Gasteiger partial charge in [-0.15, -0.1) is 0 Å². The molecule has 0 N–H and O–H groups in total. The van der Waals surface area contributed by atoms with E-state index in [1.807, 2.05) is 0 Å². The van der Waals surface area contributed by atoms with Crippen molar-refractivity contribution in [2.45, 2.75) is 38.6 Å². The SMILES string of the molecule is CCCCN(C)C(=O)C1CC1C(=O)N(C)C1CCS(=O)(=O)C1. The van der Waals surface area contributed by atoms with E-state index >= 15 is 0 Å². The third kappa shape index (κ3) is 3.80. The van der Waals surface area contributed by atoms with E-state index in [9.17, 15) is 18.0 Å². The molecule has 0 aromatic heterocycles. The molecule has 3 unspecified atom stereocenters. The zero-order valence-corrected chi connectivity index (χ0v) is 14.4. The molecule has 0 aromatic carbocycles. The van der Waals surface area contributed by atoms with Crippen molar-refractivity contribution in [2.75, 3.05) is 32.1 Å². The van der Waals surface area contributed by atoms with Crippen LogP contribution in [0.2, 0.25) is 0 Å². The quantitative estimate of drug-likeness (QED) is 0.712. The van der Waals surface area contributed by atoms with Crippen LogP contribution in [0.1, 0.15) is 32.6 Å². The third-order valence-corrected chi connectivity index (χ3v) is 6.50. The van der Waals surface area contributed by atoms with Crippen molar-refractivity contribution in [1.82, 2.24) is 9.80 Å². The van der Waals surface area contributed by atoms with E-state index in [1.54, 1.807) is 23.9 Å². The fourth-order valence-corrected chi connectivity index (χ4v) is 4.83. The van der Waals surface area contributed by atoms with Gasteiger partial charge in [0.15, 0.2) is 9.84 Å². The lowest BCUT2D eigenvalue weighted by Gasteiger charge is -2.24. The van der Waals surface area contributed by atoms with E-state index in [-0.39, 0.29) is 41.2 Å². The van der Waals surface area contributed by atoms with Gasteiger partial charge in [0.1, 0.15) is 0 Å². The average Bonchev–Trinajstić information content (AvgIpc) is 3.19. The molecule has 126 valence electrons. The van der Waals surface area contributed by atoms with Crippen molar-refractivity contribution in [3.05, 3.63) is 0 Å². The first-order valence-corrected chi connectivity index (χ1v) is 9.81. The summed E-state index contributed by atoms with van der Waals surface area (Å²) in [4.78, 5) is 27.9. The standard InChI is InChI=1S/C15H26N2O4S/c1-4-5-7-16(2)14(18)12-9-13(12)15(19)17(3)11-6-8-22(20,21)10-11/h11-13H,4-10H2,1-3H3. The molecule has 0 bridgehead atoms. The summed E-state index contributed by atoms with van der Waals surface area (Å²) in [6, 6.07) is -0.230. The van der Waals surface area contributed by atoms with Gasteiger partial charge in [-0.25, -0.2) is 8.42 Å². The highest BCUT2D eigenvalue weighted by molar-refractivity contribution is 7.91. The summed E-state index contributed by atoms with van der Waals surface area (Å²) in [6.45, 7) is 2.80. The van der Waals surface area contributed by atoms with Crippen molar-refractivity contribution in [3.63, 3.8) is 0 Å². The molecule has 1 saturated heterocycles. The summed E-state index contributed by atoms with van der Waals surface area (Å²) in [7, 11) is 0.442. The Balaban J connectivity index is 1.86. The molecular formula is C15H26N2O4S. The van der Waals surface area contributed by atoms with E-state index in [2.05, 4.69) is 6.92 Å². The minimum atomic E-state index is -3.00. The zero-order valence-electron chi connectivity index (χ0n) is 13.6. The summed E-state index contributed by atoms with van der Waals surface area (Å²) < 4.78 is 23.0. The molecule has 3 atom stereocenters. The Hall–Kier alpha value is -1.11. The van der Waals surface area contributed by atoms with Crippen molar-refractivity contribution < 1.29 is 18.0 Å². The van der Waals surface area contributed by atoms with E-state index in [0.717, 1.165) is 19.4 Å². The molecule has 1 heterocycles. The normalized spacial score (nSPS) is 29.1. The molecule has 6 nitrogen and oxygen atoms in total. The topological polar surface area (TPSA) is 74.8 Å². The maximum Gasteiger partial charge on any atom is 0.226 e. The first-order chi connectivity index (χ1) is 10.3. The lowest BCUT2D eigenvalue weighted by molar-refractivity contribution is -0.137. The molecule has 2 aliphatic rings. The van der Waals surface area contributed by atoms with E-state index in [1.165, 1.54) is 0 Å². The Morgan fingerprint density at radius 3 is 2.32 bits per heavy atom. The molecular weight excluding hydrogens is 304 g/mol. The van der Waals surface area contributed by atoms with E-state index in [0.29, 0.717) is 12.8 Å². The third-order valence-electron chi connectivity index (χ3n) is 4.75. The molecule has 1 aliphatic heterocycles. The number of carbonyl (C=O) groups excluding carboxylic acids is 2. The van der Waals surface area contributed by atoms with Gasteiger partial charge in [0.2, 0.25) is 11.8 Å². The van der Waals surface area contributed by atoms with Gasteiger partial charge in [0, 0.05) is 26.7 Å². The van der Waals surface area contributed by atoms with E-state index < -0.39 is 9.84 Å². The van der Waals surface area contributed by atoms with Crippen LogP contribution in [0.4, 0.5) is 0 Å². The first kappa shape index (κ1) is 17.2. The maximum absolute atomic E-state index is 12.4. The number of sulfone groups is 1. The molecule has 1 aliphatic carbocycles. The number of hydrogen-bond donors (Lipinski definition) is 0. The van der Waals surface area contributed by atoms with Crippen LogP contribution in [0.3, 0.4) is 0 Å². The molecule has 0 aromatic rings. The van der Waals surface area contributed by atoms with Gasteiger partial charge in [0.05, 0.1) is 23.3 Å². The van der Waals surface area contributed by atoms with Gasteiger partial charge in [0.25, 0.3) is 0 Å².